The van der Waals surface area contributed by atoms with E-state index < -0.39 is 0 Å². The van der Waals surface area contributed by atoms with Crippen molar-refractivity contribution in [2.45, 2.75) is 44.9 Å². The fourth-order valence-corrected chi connectivity index (χ4v) is 3.07. The summed E-state index contributed by atoms with van der Waals surface area (Å²) in [6.45, 7) is 3.12. The minimum Gasteiger partial charge on any atom is -0.373 e. The molecule has 2 N–H and O–H groups in total. The zero-order valence-corrected chi connectivity index (χ0v) is 14.6. The Labute approximate surface area is 148 Å². The van der Waals surface area contributed by atoms with E-state index in [1.807, 2.05) is 36.4 Å². The van der Waals surface area contributed by atoms with Crippen LogP contribution in [0.5, 0.6) is 0 Å². The quantitative estimate of drug-likeness (QED) is 0.876. The Balaban J connectivity index is 1.47. The largest absolute Gasteiger partial charge is 0.373 e. The van der Waals surface area contributed by atoms with Gasteiger partial charge in [0, 0.05) is 24.8 Å². The summed E-state index contributed by atoms with van der Waals surface area (Å²) in [5.41, 5.74) is 3.02. The lowest BCUT2D eigenvalue weighted by molar-refractivity contribution is -0.0368. The number of hydrogen-bond donors (Lipinski definition) is 2. The molecular weight excluding hydrogens is 314 g/mol. The smallest absolute Gasteiger partial charge is 0.315 e. The molecule has 2 amide bonds. The van der Waals surface area contributed by atoms with Gasteiger partial charge in [0.15, 0.2) is 0 Å². The van der Waals surface area contributed by atoms with Gasteiger partial charge in [0.25, 0.3) is 0 Å². The summed E-state index contributed by atoms with van der Waals surface area (Å²) in [6.07, 6.45) is 5.48. The number of carbonyl (C=O) groups excluding carboxylic acids is 1. The van der Waals surface area contributed by atoms with Gasteiger partial charge in [-0.3, -0.25) is 4.98 Å². The van der Waals surface area contributed by atoms with Crippen molar-refractivity contribution >= 4 is 6.03 Å². The number of nitrogens with one attached hydrogen (secondary N) is 2. The van der Waals surface area contributed by atoms with Crippen LogP contribution in [-0.2, 0) is 11.3 Å². The Morgan fingerprint density at radius 2 is 2.12 bits per heavy atom. The van der Waals surface area contributed by atoms with Gasteiger partial charge in [-0.1, -0.05) is 24.3 Å². The summed E-state index contributed by atoms with van der Waals surface area (Å²) in [6, 6.07) is 13.7. The Hall–Kier alpha value is -2.40. The zero-order valence-electron chi connectivity index (χ0n) is 14.6. The molecule has 5 nitrogen and oxygen atoms in total. The number of carbonyl (C=O) groups is 1. The van der Waals surface area contributed by atoms with Crippen LogP contribution in [-0.4, -0.2) is 29.8 Å². The van der Waals surface area contributed by atoms with Crippen molar-refractivity contribution in [1.82, 2.24) is 15.6 Å². The van der Waals surface area contributed by atoms with Gasteiger partial charge in [0.1, 0.15) is 0 Å². The Morgan fingerprint density at radius 3 is 2.92 bits per heavy atom. The number of aromatic nitrogens is 1. The second-order valence-corrected chi connectivity index (χ2v) is 6.48. The lowest BCUT2D eigenvalue weighted by Crippen LogP contribution is -2.42. The number of urea groups is 1. The maximum absolute atomic E-state index is 12.0. The molecule has 0 radical (unpaired) electrons. The molecule has 25 heavy (non-hydrogen) atoms. The van der Waals surface area contributed by atoms with E-state index in [4.69, 9.17) is 4.74 Å². The molecule has 1 fully saturated rings. The maximum atomic E-state index is 12.0. The summed E-state index contributed by atoms with van der Waals surface area (Å²) < 4.78 is 5.81. The molecule has 0 aliphatic carbocycles. The highest BCUT2D eigenvalue weighted by molar-refractivity contribution is 5.74. The highest BCUT2D eigenvalue weighted by Gasteiger charge is 2.19. The van der Waals surface area contributed by atoms with Crippen LogP contribution in [0.2, 0.25) is 0 Å². The molecule has 1 aliphatic heterocycles. The molecule has 1 aromatic carbocycles. The average Bonchev–Trinajstić information content (AvgIpc) is 2.66. The Bertz CT molecular complexity index is 690. The fourth-order valence-electron chi connectivity index (χ4n) is 3.07. The van der Waals surface area contributed by atoms with Crippen LogP contribution < -0.4 is 10.6 Å². The highest BCUT2D eigenvalue weighted by Crippen LogP contribution is 2.18. The number of benzene rings is 1. The summed E-state index contributed by atoms with van der Waals surface area (Å²) in [5.74, 6) is 0. The minimum absolute atomic E-state index is 0.127. The molecular formula is C20H25N3O2. The van der Waals surface area contributed by atoms with E-state index in [9.17, 15) is 4.79 Å². The van der Waals surface area contributed by atoms with Crippen LogP contribution in [0.3, 0.4) is 0 Å². The standard InChI is InChI=1S/C20H25N3O2/c1-15-6-4-9-18(25-15)14-23-20(24)22-13-16-7-5-8-17(12-16)19-10-2-3-11-21-19/h2-3,5,7-8,10-12,15,18H,4,6,9,13-14H2,1H3,(H2,22,23,24). The number of amides is 2. The molecule has 132 valence electrons. The molecule has 5 heteroatoms. The average molecular weight is 339 g/mol. The second-order valence-electron chi connectivity index (χ2n) is 6.48. The lowest BCUT2D eigenvalue weighted by atomic mass is 10.1. The monoisotopic (exact) mass is 339 g/mol. The molecule has 0 saturated carbocycles. The summed E-state index contributed by atoms with van der Waals surface area (Å²) in [7, 11) is 0. The first-order chi connectivity index (χ1) is 12.2. The van der Waals surface area contributed by atoms with Gasteiger partial charge in [-0.2, -0.15) is 0 Å². The summed E-state index contributed by atoms with van der Waals surface area (Å²) in [5, 5.41) is 5.80. The third-order valence-corrected chi connectivity index (χ3v) is 4.39. The van der Waals surface area contributed by atoms with E-state index in [1.165, 1.54) is 0 Å². The van der Waals surface area contributed by atoms with Crippen LogP contribution in [0.15, 0.2) is 48.7 Å². The van der Waals surface area contributed by atoms with Crippen LogP contribution in [0.4, 0.5) is 4.79 Å². The molecule has 2 heterocycles. The molecule has 2 unspecified atom stereocenters. The van der Waals surface area contributed by atoms with E-state index in [2.05, 4.69) is 28.6 Å². The van der Waals surface area contributed by atoms with Gasteiger partial charge >= 0.3 is 6.03 Å². The van der Waals surface area contributed by atoms with E-state index in [0.29, 0.717) is 13.1 Å². The first-order valence-electron chi connectivity index (χ1n) is 8.88. The molecule has 2 aromatic rings. The molecule has 0 bridgehead atoms. The van der Waals surface area contributed by atoms with Crippen molar-refractivity contribution in [2.24, 2.45) is 0 Å². The number of ether oxygens (including phenoxy) is 1. The number of rotatable bonds is 5. The topological polar surface area (TPSA) is 63.2 Å². The minimum atomic E-state index is -0.162. The number of pyridine rings is 1. The van der Waals surface area contributed by atoms with Crippen molar-refractivity contribution < 1.29 is 9.53 Å². The summed E-state index contributed by atoms with van der Waals surface area (Å²) in [4.78, 5) is 16.4. The highest BCUT2D eigenvalue weighted by atomic mass is 16.5. The van der Waals surface area contributed by atoms with Gasteiger partial charge in [-0.05, 0) is 49.9 Å². The van der Waals surface area contributed by atoms with E-state index in [0.717, 1.165) is 36.1 Å². The van der Waals surface area contributed by atoms with Gasteiger partial charge in [-0.15, -0.1) is 0 Å². The molecule has 1 saturated heterocycles. The van der Waals surface area contributed by atoms with Crippen molar-refractivity contribution in [3.05, 3.63) is 54.2 Å². The molecule has 0 spiro atoms. The van der Waals surface area contributed by atoms with Crippen LogP contribution in [0.1, 0.15) is 31.7 Å². The maximum Gasteiger partial charge on any atom is 0.315 e. The molecule has 1 aliphatic rings. The van der Waals surface area contributed by atoms with Gasteiger partial charge < -0.3 is 15.4 Å². The third kappa shape index (κ3) is 5.29. The van der Waals surface area contributed by atoms with Crippen molar-refractivity contribution in [1.29, 1.82) is 0 Å². The second kappa shape index (κ2) is 8.62. The molecule has 1 aromatic heterocycles. The Morgan fingerprint density at radius 1 is 1.20 bits per heavy atom. The van der Waals surface area contributed by atoms with Gasteiger partial charge in [0.05, 0.1) is 17.9 Å². The van der Waals surface area contributed by atoms with E-state index in [1.54, 1.807) is 6.20 Å². The Kier molecular flexibility index (Phi) is 6.01. The van der Waals surface area contributed by atoms with E-state index >= 15 is 0 Å². The third-order valence-electron chi connectivity index (χ3n) is 4.39. The predicted molar refractivity (Wildman–Crippen MR) is 98.1 cm³/mol. The predicted octanol–water partition coefficient (Wildman–Crippen LogP) is 3.51. The number of hydrogen-bond acceptors (Lipinski definition) is 3. The SMILES string of the molecule is CC1CCCC(CNC(=O)NCc2cccc(-c3ccccn3)c2)O1. The van der Waals surface area contributed by atoms with E-state index in [-0.39, 0.29) is 18.2 Å². The summed E-state index contributed by atoms with van der Waals surface area (Å²) >= 11 is 0. The van der Waals surface area contributed by atoms with Crippen LogP contribution in [0.25, 0.3) is 11.3 Å². The molecule has 2 atom stereocenters. The van der Waals surface area contributed by atoms with Gasteiger partial charge in [-0.25, -0.2) is 4.79 Å². The van der Waals surface area contributed by atoms with Crippen LogP contribution >= 0.6 is 0 Å². The van der Waals surface area contributed by atoms with Crippen LogP contribution in [0, 0.1) is 0 Å². The normalized spacial score (nSPS) is 20.0. The molecule has 3 rings (SSSR count). The van der Waals surface area contributed by atoms with Crippen molar-refractivity contribution in [2.75, 3.05) is 6.54 Å². The van der Waals surface area contributed by atoms with Crippen molar-refractivity contribution in [3.63, 3.8) is 0 Å². The van der Waals surface area contributed by atoms with Crippen molar-refractivity contribution in [3.8, 4) is 11.3 Å². The lowest BCUT2D eigenvalue weighted by Gasteiger charge is -2.27. The van der Waals surface area contributed by atoms with Gasteiger partial charge in [0.2, 0.25) is 0 Å². The first-order valence-corrected chi connectivity index (χ1v) is 8.88. The first kappa shape index (κ1) is 17.4. The number of nitrogens with zero attached hydrogens (tertiary/aromatic N) is 1. The zero-order chi connectivity index (χ0) is 17.5. The fraction of sp³-hybridized carbons (Fsp3) is 0.400.